The fraction of sp³-hybridized carbons (Fsp3) is 0.176. The van der Waals surface area contributed by atoms with Gasteiger partial charge in [-0.25, -0.2) is 0 Å². The largest absolute Gasteiger partial charge is 0.324 e. The maximum Gasteiger partial charge on any atom is 0.268 e. The van der Waals surface area contributed by atoms with E-state index in [1.54, 1.807) is 6.07 Å². The predicted octanol–water partition coefficient (Wildman–Crippen LogP) is 3.32. The van der Waals surface area contributed by atoms with Crippen LogP contribution in [0.4, 0.5) is 5.69 Å². The van der Waals surface area contributed by atoms with Crippen molar-refractivity contribution >= 4 is 33.2 Å². The molecule has 2 aromatic carbocycles. The van der Waals surface area contributed by atoms with E-state index >= 15 is 0 Å². The number of rotatable bonds is 3. The van der Waals surface area contributed by atoms with Crippen molar-refractivity contribution in [3.63, 3.8) is 0 Å². The van der Waals surface area contributed by atoms with Gasteiger partial charge in [0, 0.05) is 5.69 Å². The fourth-order valence-corrected chi connectivity index (χ4v) is 3.39. The molecule has 0 radical (unpaired) electrons. The molecule has 5 heteroatoms. The van der Waals surface area contributed by atoms with Gasteiger partial charge in [-0.3, -0.25) is 13.5 Å². The molecule has 1 aromatic heterocycles. The van der Waals surface area contributed by atoms with Crippen LogP contribution >= 0.6 is 11.5 Å². The van der Waals surface area contributed by atoms with Crippen LogP contribution in [0.3, 0.4) is 0 Å². The van der Waals surface area contributed by atoms with Crippen LogP contribution in [-0.2, 0) is 11.3 Å². The minimum absolute atomic E-state index is 0.0332. The monoisotopic (exact) mass is 312 g/mol. The lowest BCUT2D eigenvalue weighted by atomic mass is 10.1. The number of aryl methyl sites for hydroxylation is 2. The molecule has 0 atom stereocenters. The zero-order valence-corrected chi connectivity index (χ0v) is 13.2. The SMILES string of the molecule is Cc1ccc(NC(=O)Cn2sc3ccccc3c2=O)c(C)c1. The predicted molar refractivity (Wildman–Crippen MR) is 90.6 cm³/mol. The zero-order valence-electron chi connectivity index (χ0n) is 12.4. The van der Waals surface area contributed by atoms with Gasteiger partial charge in [-0.2, -0.15) is 0 Å². The first-order valence-corrected chi connectivity index (χ1v) is 7.78. The summed E-state index contributed by atoms with van der Waals surface area (Å²) >= 11 is 1.31. The van der Waals surface area contributed by atoms with Crippen LogP contribution in [-0.4, -0.2) is 9.86 Å². The van der Waals surface area contributed by atoms with Gasteiger partial charge in [0.25, 0.3) is 5.56 Å². The van der Waals surface area contributed by atoms with Crippen LogP contribution in [0.25, 0.3) is 10.1 Å². The van der Waals surface area contributed by atoms with Crippen LogP contribution in [0.5, 0.6) is 0 Å². The summed E-state index contributed by atoms with van der Waals surface area (Å²) < 4.78 is 2.38. The Morgan fingerprint density at radius 3 is 2.68 bits per heavy atom. The molecule has 0 saturated carbocycles. The average molecular weight is 312 g/mol. The van der Waals surface area contributed by atoms with Crippen molar-refractivity contribution in [2.75, 3.05) is 5.32 Å². The van der Waals surface area contributed by atoms with Crippen molar-refractivity contribution in [2.24, 2.45) is 0 Å². The Kier molecular flexibility index (Phi) is 3.81. The van der Waals surface area contributed by atoms with Crippen LogP contribution < -0.4 is 10.9 Å². The van der Waals surface area contributed by atoms with Crippen molar-refractivity contribution in [3.8, 4) is 0 Å². The summed E-state index contributed by atoms with van der Waals surface area (Å²) in [4.78, 5) is 24.4. The highest BCUT2D eigenvalue weighted by molar-refractivity contribution is 7.13. The first-order valence-electron chi connectivity index (χ1n) is 7.00. The average Bonchev–Trinajstić information content (AvgIpc) is 2.79. The minimum atomic E-state index is -0.194. The smallest absolute Gasteiger partial charge is 0.268 e. The Balaban J connectivity index is 1.81. The first-order chi connectivity index (χ1) is 10.5. The van der Waals surface area contributed by atoms with Crippen LogP contribution in [0.15, 0.2) is 47.3 Å². The van der Waals surface area contributed by atoms with Crippen molar-refractivity contribution in [2.45, 2.75) is 20.4 Å². The number of hydrogen-bond donors (Lipinski definition) is 1. The van der Waals surface area contributed by atoms with Gasteiger partial charge in [-0.1, -0.05) is 41.4 Å². The van der Waals surface area contributed by atoms with Gasteiger partial charge >= 0.3 is 0 Å². The van der Waals surface area contributed by atoms with Gasteiger partial charge in [0.05, 0.1) is 10.1 Å². The summed E-state index contributed by atoms with van der Waals surface area (Å²) in [6, 6.07) is 13.2. The number of amides is 1. The van der Waals surface area contributed by atoms with Gasteiger partial charge in [0.1, 0.15) is 6.54 Å². The maximum absolute atomic E-state index is 12.2. The molecule has 1 N–H and O–H groups in total. The van der Waals surface area contributed by atoms with Gasteiger partial charge in [-0.05, 0) is 37.6 Å². The fourth-order valence-electron chi connectivity index (χ4n) is 2.40. The van der Waals surface area contributed by atoms with E-state index in [0.29, 0.717) is 5.39 Å². The number of nitrogens with zero attached hydrogens (tertiary/aromatic N) is 1. The number of anilines is 1. The molecule has 0 saturated heterocycles. The molecule has 0 bridgehead atoms. The van der Waals surface area contributed by atoms with Gasteiger partial charge in [0.15, 0.2) is 0 Å². The molecule has 0 unspecified atom stereocenters. The third-order valence-electron chi connectivity index (χ3n) is 3.50. The molecule has 1 amide bonds. The molecule has 0 aliphatic heterocycles. The number of carbonyl (C=O) groups is 1. The molecule has 3 aromatic rings. The Bertz CT molecular complexity index is 908. The Labute approximate surface area is 132 Å². The molecule has 0 fully saturated rings. The zero-order chi connectivity index (χ0) is 15.7. The standard InChI is InChI=1S/C17H16N2O2S/c1-11-7-8-14(12(2)9-11)18-16(20)10-19-17(21)13-5-3-4-6-15(13)22-19/h3-9H,10H2,1-2H3,(H,18,20). The van der Waals surface area contributed by atoms with Crippen molar-refractivity contribution < 1.29 is 4.79 Å². The van der Waals surface area contributed by atoms with Crippen LogP contribution in [0, 0.1) is 13.8 Å². The molecule has 1 heterocycles. The van der Waals surface area contributed by atoms with E-state index in [1.807, 2.05) is 50.2 Å². The Morgan fingerprint density at radius 2 is 1.95 bits per heavy atom. The van der Waals surface area contributed by atoms with E-state index in [1.165, 1.54) is 15.5 Å². The van der Waals surface area contributed by atoms with Crippen molar-refractivity contribution in [3.05, 3.63) is 63.9 Å². The molecular formula is C17H16N2O2S. The topological polar surface area (TPSA) is 51.1 Å². The summed E-state index contributed by atoms with van der Waals surface area (Å²) in [7, 11) is 0. The molecule has 0 aliphatic rings. The molecule has 3 rings (SSSR count). The molecular weight excluding hydrogens is 296 g/mol. The second-order valence-electron chi connectivity index (χ2n) is 5.30. The van der Waals surface area contributed by atoms with E-state index in [9.17, 15) is 9.59 Å². The summed E-state index contributed by atoms with van der Waals surface area (Å²) in [6.07, 6.45) is 0. The summed E-state index contributed by atoms with van der Waals surface area (Å²) in [6.45, 7) is 4.00. The van der Waals surface area contributed by atoms with E-state index in [-0.39, 0.29) is 18.0 Å². The number of carbonyl (C=O) groups excluding carboxylic acids is 1. The van der Waals surface area contributed by atoms with Gasteiger partial charge in [0.2, 0.25) is 5.91 Å². The molecule has 4 nitrogen and oxygen atoms in total. The number of aromatic nitrogens is 1. The first kappa shape index (κ1) is 14.5. The highest BCUT2D eigenvalue weighted by Gasteiger charge is 2.11. The second-order valence-corrected chi connectivity index (χ2v) is 6.36. The second kappa shape index (κ2) is 5.77. The van der Waals surface area contributed by atoms with E-state index in [4.69, 9.17) is 0 Å². The lowest BCUT2D eigenvalue weighted by molar-refractivity contribution is -0.116. The minimum Gasteiger partial charge on any atom is -0.324 e. The Hall–Kier alpha value is -2.40. The van der Waals surface area contributed by atoms with Crippen LogP contribution in [0.2, 0.25) is 0 Å². The summed E-state index contributed by atoms with van der Waals surface area (Å²) in [5, 5.41) is 3.52. The lowest BCUT2D eigenvalue weighted by Gasteiger charge is -2.09. The number of fused-ring (bicyclic) bond motifs is 1. The molecule has 0 spiro atoms. The van der Waals surface area contributed by atoms with E-state index in [2.05, 4.69) is 5.32 Å². The van der Waals surface area contributed by atoms with Gasteiger partial charge in [-0.15, -0.1) is 0 Å². The highest BCUT2D eigenvalue weighted by Crippen LogP contribution is 2.18. The third-order valence-corrected chi connectivity index (χ3v) is 4.56. The third kappa shape index (κ3) is 2.80. The normalized spacial score (nSPS) is 10.8. The van der Waals surface area contributed by atoms with Gasteiger partial charge < -0.3 is 5.32 Å². The quantitative estimate of drug-likeness (QED) is 0.806. The van der Waals surface area contributed by atoms with E-state index in [0.717, 1.165) is 21.5 Å². The van der Waals surface area contributed by atoms with E-state index < -0.39 is 0 Å². The molecule has 22 heavy (non-hydrogen) atoms. The van der Waals surface area contributed by atoms with Crippen LogP contribution in [0.1, 0.15) is 11.1 Å². The maximum atomic E-state index is 12.2. The summed E-state index contributed by atoms with van der Waals surface area (Å²) in [5.74, 6) is -0.194. The molecule has 0 aliphatic carbocycles. The highest BCUT2D eigenvalue weighted by atomic mass is 32.1. The van der Waals surface area contributed by atoms with Crippen molar-refractivity contribution in [1.29, 1.82) is 0 Å². The van der Waals surface area contributed by atoms with Crippen molar-refractivity contribution in [1.82, 2.24) is 3.96 Å². The number of nitrogens with one attached hydrogen (secondary N) is 1. The number of hydrogen-bond acceptors (Lipinski definition) is 3. The number of benzene rings is 2. The Morgan fingerprint density at radius 1 is 1.18 bits per heavy atom. The summed E-state index contributed by atoms with van der Waals surface area (Å²) in [5.41, 5.74) is 2.83. The molecule has 112 valence electrons. The lowest BCUT2D eigenvalue weighted by Crippen LogP contribution is -2.24.